The molecule has 1 aliphatic rings. The normalized spacial score (nSPS) is 15.1. The number of ether oxygens (including phenoxy) is 1. The summed E-state index contributed by atoms with van der Waals surface area (Å²) in [5.41, 5.74) is 4.70. The lowest BCUT2D eigenvalue weighted by atomic mass is 10.1. The summed E-state index contributed by atoms with van der Waals surface area (Å²) in [7, 11) is 0. The van der Waals surface area contributed by atoms with E-state index >= 15 is 0 Å². The van der Waals surface area contributed by atoms with Crippen LogP contribution < -0.4 is 4.74 Å². The Hall–Kier alpha value is -3.64. The van der Waals surface area contributed by atoms with Crippen molar-refractivity contribution in [2.75, 3.05) is 39.3 Å². The van der Waals surface area contributed by atoms with Crippen LogP contribution in [0.2, 0.25) is 0 Å². The third-order valence-electron chi connectivity index (χ3n) is 6.32. The van der Waals surface area contributed by atoms with Crippen LogP contribution in [0.4, 0.5) is 0 Å². The first kappa shape index (κ1) is 22.8. The quantitative estimate of drug-likeness (QED) is 0.348. The minimum atomic E-state index is 0.578. The standard InChI is InChI=1S/C25H26N8O2S/c1-17-21(25-28-22(18-5-3-2-4-6-18)23(36-25)24-26-16-27-29-24)20-15-19(7-8-33(20)30-17)35-14-13-31-9-11-32(34)12-10-31/h2-8,15-16,34H,9-14H2,1H3,(H,26,27,29). The van der Waals surface area contributed by atoms with Gasteiger partial charge in [-0.1, -0.05) is 30.3 Å². The zero-order chi connectivity index (χ0) is 24.5. The van der Waals surface area contributed by atoms with Crippen LogP contribution in [0.15, 0.2) is 55.0 Å². The maximum Gasteiger partial charge on any atom is 0.167 e. The minimum absolute atomic E-state index is 0.578. The molecule has 0 spiro atoms. The molecule has 11 heteroatoms. The summed E-state index contributed by atoms with van der Waals surface area (Å²) in [5, 5.41) is 23.5. The number of nitrogens with one attached hydrogen (secondary N) is 1. The molecule has 0 saturated carbocycles. The van der Waals surface area contributed by atoms with Crippen molar-refractivity contribution in [2.24, 2.45) is 0 Å². The van der Waals surface area contributed by atoms with Gasteiger partial charge in [0.15, 0.2) is 5.82 Å². The predicted octanol–water partition coefficient (Wildman–Crippen LogP) is 3.60. The van der Waals surface area contributed by atoms with Crippen molar-refractivity contribution >= 4 is 16.9 Å². The lowest BCUT2D eigenvalue weighted by Crippen LogP contribution is -2.45. The van der Waals surface area contributed by atoms with Gasteiger partial charge < -0.3 is 9.94 Å². The number of aromatic nitrogens is 6. The first-order valence-electron chi connectivity index (χ1n) is 11.9. The monoisotopic (exact) mass is 502 g/mol. The molecule has 6 rings (SSSR count). The van der Waals surface area contributed by atoms with Gasteiger partial charge in [-0.15, -0.1) is 11.3 Å². The Balaban J connectivity index is 1.31. The van der Waals surface area contributed by atoms with Crippen LogP contribution in [-0.4, -0.2) is 84.3 Å². The molecule has 36 heavy (non-hydrogen) atoms. The molecule has 5 aromatic rings. The zero-order valence-corrected chi connectivity index (χ0v) is 20.6. The molecule has 5 heterocycles. The molecule has 0 atom stereocenters. The minimum Gasteiger partial charge on any atom is -0.492 e. The van der Waals surface area contributed by atoms with Crippen LogP contribution in [-0.2, 0) is 0 Å². The van der Waals surface area contributed by atoms with Crippen LogP contribution in [0.5, 0.6) is 5.75 Å². The van der Waals surface area contributed by atoms with Crippen molar-refractivity contribution in [3.05, 3.63) is 60.7 Å². The number of thiazole rings is 1. The fourth-order valence-corrected chi connectivity index (χ4v) is 5.59. The molecule has 2 N–H and O–H groups in total. The lowest BCUT2D eigenvalue weighted by molar-refractivity contribution is -0.117. The molecular formula is C25H26N8O2S. The van der Waals surface area contributed by atoms with E-state index in [1.165, 1.54) is 11.4 Å². The Morgan fingerprint density at radius 1 is 1.11 bits per heavy atom. The van der Waals surface area contributed by atoms with E-state index < -0.39 is 0 Å². The highest BCUT2D eigenvalue weighted by molar-refractivity contribution is 7.19. The summed E-state index contributed by atoms with van der Waals surface area (Å²) in [5.74, 6) is 1.48. The van der Waals surface area contributed by atoms with Gasteiger partial charge >= 0.3 is 0 Å². The van der Waals surface area contributed by atoms with Crippen LogP contribution in [0.25, 0.3) is 38.0 Å². The summed E-state index contributed by atoms with van der Waals surface area (Å²) >= 11 is 1.57. The third kappa shape index (κ3) is 4.49. The van der Waals surface area contributed by atoms with E-state index in [9.17, 15) is 5.21 Å². The molecule has 10 nitrogen and oxygen atoms in total. The molecule has 0 radical (unpaired) electrons. The van der Waals surface area contributed by atoms with Crippen molar-refractivity contribution in [2.45, 2.75) is 6.92 Å². The van der Waals surface area contributed by atoms with E-state index in [1.54, 1.807) is 11.3 Å². The van der Waals surface area contributed by atoms with Gasteiger partial charge in [-0.05, 0) is 13.0 Å². The van der Waals surface area contributed by atoms with Crippen LogP contribution in [0, 0.1) is 6.92 Å². The number of aryl methyl sites for hydroxylation is 1. The second kappa shape index (κ2) is 9.78. The van der Waals surface area contributed by atoms with E-state index in [0.29, 0.717) is 25.5 Å². The van der Waals surface area contributed by atoms with Crippen LogP contribution >= 0.6 is 11.3 Å². The highest BCUT2D eigenvalue weighted by Crippen LogP contribution is 2.41. The largest absolute Gasteiger partial charge is 0.492 e. The second-order valence-electron chi connectivity index (χ2n) is 8.69. The fourth-order valence-electron chi connectivity index (χ4n) is 4.45. The molecule has 1 aliphatic heterocycles. The van der Waals surface area contributed by atoms with Gasteiger partial charge in [0.2, 0.25) is 0 Å². The number of piperazine rings is 1. The van der Waals surface area contributed by atoms with Gasteiger partial charge in [-0.25, -0.2) is 14.5 Å². The number of hydroxylamine groups is 2. The Morgan fingerprint density at radius 2 is 1.94 bits per heavy atom. The summed E-state index contributed by atoms with van der Waals surface area (Å²) in [6.07, 6.45) is 3.44. The highest BCUT2D eigenvalue weighted by Gasteiger charge is 2.22. The summed E-state index contributed by atoms with van der Waals surface area (Å²) in [6, 6.07) is 14.1. The molecule has 4 aromatic heterocycles. The SMILES string of the molecule is Cc1nn2ccc(OCCN3CCN(O)CC3)cc2c1-c1nc(-c2ccccc2)c(-c2ncn[nH]2)s1. The van der Waals surface area contributed by atoms with Crippen molar-refractivity contribution in [1.29, 1.82) is 0 Å². The predicted molar refractivity (Wildman–Crippen MR) is 137 cm³/mol. The number of nitrogens with zero attached hydrogens (tertiary/aromatic N) is 7. The number of hydrogen-bond acceptors (Lipinski definition) is 9. The van der Waals surface area contributed by atoms with Crippen LogP contribution in [0.1, 0.15) is 5.69 Å². The third-order valence-corrected chi connectivity index (χ3v) is 7.40. The molecular weight excluding hydrogens is 476 g/mol. The van der Waals surface area contributed by atoms with Crippen molar-refractivity contribution in [1.82, 2.24) is 39.7 Å². The highest BCUT2D eigenvalue weighted by atomic mass is 32.1. The molecule has 1 fully saturated rings. The first-order chi connectivity index (χ1) is 17.7. The average molecular weight is 503 g/mol. The van der Waals surface area contributed by atoms with Gasteiger partial charge in [0, 0.05) is 50.6 Å². The van der Waals surface area contributed by atoms with Gasteiger partial charge in [0.25, 0.3) is 0 Å². The van der Waals surface area contributed by atoms with E-state index in [0.717, 1.165) is 63.3 Å². The fraction of sp³-hybridized carbons (Fsp3) is 0.280. The molecule has 0 amide bonds. The number of aromatic amines is 1. The topological polar surface area (TPSA) is 108 Å². The number of fused-ring (bicyclic) bond motifs is 1. The Labute approximate surface area is 211 Å². The molecule has 0 bridgehead atoms. The van der Waals surface area contributed by atoms with Crippen molar-refractivity contribution in [3.63, 3.8) is 0 Å². The van der Waals surface area contributed by atoms with Crippen molar-refractivity contribution in [3.8, 4) is 38.3 Å². The average Bonchev–Trinajstić information content (AvgIpc) is 3.64. The van der Waals surface area contributed by atoms with Crippen LogP contribution in [0.3, 0.4) is 0 Å². The van der Waals surface area contributed by atoms with Gasteiger partial charge in [-0.2, -0.15) is 15.3 Å². The molecule has 1 saturated heterocycles. The number of H-pyrrole nitrogens is 1. The Bertz CT molecular complexity index is 1460. The van der Waals surface area contributed by atoms with E-state index in [2.05, 4.69) is 20.1 Å². The Kier molecular flexibility index (Phi) is 6.20. The van der Waals surface area contributed by atoms with E-state index in [4.69, 9.17) is 14.8 Å². The Morgan fingerprint density at radius 3 is 2.72 bits per heavy atom. The molecule has 0 aliphatic carbocycles. The number of pyridine rings is 1. The maximum atomic E-state index is 9.54. The maximum absolute atomic E-state index is 9.54. The smallest absolute Gasteiger partial charge is 0.167 e. The molecule has 1 aromatic carbocycles. The summed E-state index contributed by atoms with van der Waals surface area (Å²) < 4.78 is 7.97. The van der Waals surface area contributed by atoms with E-state index in [-0.39, 0.29) is 0 Å². The molecule has 0 unspecified atom stereocenters. The number of hydrogen-bond donors (Lipinski definition) is 2. The molecule has 184 valence electrons. The number of rotatable bonds is 7. The van der Waals surface area contributed by atoms with Gasteiger partial charge in [0.05, 0.1) is 27.3 Å². The van der Waals surface area contributed by atoms with E-state index in [1.807, 2.05) is 60.1 Å². The number of benzene rings is 1. The van der Waals surface area contributed by atoms with Gasteiger partial charge in [0.1, 0.15) is 23.7 Å². The first-order valence-corrected chi connectivity index (χ1v) is 12.7. The lowest BCUT2D eigenvalue weighted by Gasteiger charge is -2.30. The zero-order valence-electron chi connectivity index (χ0n) is 19.8. The second-order valence-corrected chi connectivity index (χ2v) is 9.69. The van der Waals surface area contributed by atoms with Gasteiger partial charge in [-0.3, -0.25) is 10.00 Å². The summed E-state index contributed by atoms with van der Waals surface area (Å²) in [4.78, 5) is 12.7. The summed E-state index contributed by atoms with van der Waals surface area (Å²) in [6.45, 7) is 6.41. The van der Waals surface area contributed by atoms with Crippen molar-refractivity contribution < 1.29 is 9.94 Å².